The second-order valence-electron chi connectivity index (χ2n) is 25.2. The molecular weight excluding hydrogens is 1300 g/mol. The number of aromatic nitrogens is 6. The highest BCUT2D eigenvalue weighted by atomic mass is 79.9. The molecule has 0 spiro atoms. The largest absolute Gasteiger partial charge is 0.494 e. The van der Waals surface area contributed by atoms with E-state index in [2.05, 4.69) is 104 Å². The highest BCUT2D eigenvalue weighted by Crippen LogP contribution is 2.38. The Labute approximate surface area is 585 Å². The molecule has 14 heteroatoms. The molecule has 1 aliphatic rings. The molecule has 0 saturated carbocycles. The number of fused-ring (bicyclic) bond motifs is 4. The second-order valence-corrected chi connectivity index (χ2v) is 26.2. The van der Waals surface area contributed by atoms with Gasteiger partial charge in [0.15, 0.2) is 34.9 Å². The highest BCUT2D eigenvalue weighted by molar-refractivity contribution is 9.10. The van der Waals surface area contributed by atoms with Crippen LogP contribution >= 0.6 is 15.9 Å². The maximum absolute atomic E-state index is 13.1. The molecule has 16 aromatic rings. The van der Waals surface area contributed by atoms with Crippen LogP contribution in [0.4, 0.5) is 0 Å². The molecule has 1 fully saturated rings. The third-order valence-electron chi connectivity index (χ3n) is 18.0. The standard InChI is InChI=1S/C40H25N3O2.C33H30BN3O2.C13H7BrO2/c44-37-33-19-7-8-20-35(33)45-36-25-31(21-22-34(36)37)29-16-9-15-28(23-29)30-17-10-18-32(24-30)40-42-38(26-11-3-1-4-12-26)41-39(43-40)27-13-5-2-6-14-27;1-32(2)33(3,4)39-34(38-32)28-20-12-18-26(22-28)25-17-11-19-27(21-25)31-36-29(23-13-7-5-8-14-23)35-30(37-31)24-15-9-6-10-16-24;14-8-5-6-10-12(7-8)16-11-4-2-1-3-9(11)13(10)15/h1-25H;5-22H,1-4H3;1-7H. The van der Waals surface area contributed by atoms with Gasteiger partial charge in [0.25, 0.3) is 0 Å². The van der Waals surface area contributed by atoms with Crippen molar-refractivity contribution < 1.29 is 18.1 Å². The summed E-state index contributed by atoms with van der Waals surface area (Å²) < 4.78 is 25.3. The van der Waals surface area contributed by atoms with E-state index in [-0.39, 0.29) is 22.1 Å². The predicted octanol–water partition coefficient (Wildman–Crippen LogP) is 20.0. The predicted molar refractivity (Wildman–Crippen MR) is 406 cm³/mol. The fraction of sp³-hybridized carbons (Fsp3) is 0.0698. The molecule has 12 nitrogen and oxygen atoms in total. The number of benzene rings is 12. The van der Waals surface area contributed by atoms with Crippen LogP contribution in [-0.4, -0.2) is 48.2 Å². The Hall–Kier alpha value is -11.9. The molecule has 5 heterocycles. The normalized spacial score (nSPS) is 13.0. The SMILES string of the molecule is CC1(C)OB(c2cccc(-c3cccc(-c4nc(-c5ccccc5)nc(-c5ccccc5)n4)c3)c2)OC1(C)C.O=c1c2ccccc2oc2cc(-c3cccc(-c4cccc(-c5nc(-c6ccccc6)nc(-c6ccccc6)n5)c4)c3)ccc12.O=c1c2ccccc2oc2cc(Br)ccc12. The monoisotopic (exact) mass is 1360 g/mol. The summed E-state index contributed by atoms with van der Waals surface area (Å²) in [4.78, 5) is 54.4. The zero-order valence-electron chi connectivity index (χ0n) is 55.0. The molecular formula is C86H62BBrN6O6. The van der Waals surface area contributed by atoms with E-state index in [1.54, 1.807) is 24.3 Å². The maximum Gasteiger partial charge on any atom is 0.494 e. The van der Waals surface area contributed by atoms with Crippen molar-refractivity contribution in [1.82, 2.24) is 29.9 Å². The molecule has 0 aliphatic carbocycles. The summed E-state index contributed by atoms with van der Waals surface area (Å²) in [6, 6.07) is 99.1. The van der Waals surface area contributed by atoms with Crippen molar-refractivity contribution in [1.29, 1.82) is 0 Å². The number of rotatable bonds is 10. The Morgan fingerprint density at radius 3 is 0.970 bits per heavy atom. The van der Waals surface area contributed by atoms with Gasteiger partial charge in [-0.3, -0.25) is 9.59 Å². The molecule has 12 aromatic carbocycles. The van der Waals surface area contributed by atoms with Crippen molar-refractivity contribution >= 4 is 72.4 Å². The third kappa shape index (κ3) is 13.5. The van der Waals surface area contributed by atoms with E-state index >= 15 is 0 Å². The number of nitrogens with zero attached hydrogens (tertiary/aromatic N) is 6. The van der Waals surface area contributed by atoms with Gasteiger partial charge < -0.3 is 18.1 Å². The van der Waals surface area contributed by atoms with Gasteiger partial charge in [0, 0.05) is 37.9 Å². The Bertz CT molecular complexity index is 5710. The Kier molecular flexibility index (Phi) is 17.6. The van der Waals surface area contributed by atoms with Crippen LogP contribution in [0.2, 0.25) is 0 Å². The summed E-state index contributed by atoms with van der Waals surface area (Å²) >= 11 is 3.36. The lowest BCUT2D eigenvalue weighted by Crippen LogP contribution is -2.41. The molecule has 1 aliphatic heterocycles. The second kappa shape index (κ2) is 27.5. The van der Waals surface area contributed by atoms with Crippen LogP contribution in [0.1, 0.15) is 27.7 Å². The first-order valence-corrected chi connectivity index (χ1v) is 33.6. The van der Waals surface area contributed by atoms with E-state index in [1.807, 2.05) is 218 Å². The lowest BCUT2D eigenvalue weighted by Gasteiger charge is -2.32. The van der Waals surface area contributed by atoms with Gasteiger partial charge in [0.2, 0.25) is 10.9 Å². The van der Waals surface area contributed by atoms with Crippen LogP contribution in [-0.2, 0) is 9.31 Å². The summed E-state index contributed by atoms with van der Waals surface area (Å²) in [5.74, 6) is 3.79. The van der Waals surface area contributed by atoms with Crippen LogP contribution in [0, 0.1) is 0 Å². The highest BCUT2D eigenvalue weighted by Gasteiger charge is 2.51. The van der Waals surface area contributed by atoms with Crippen molar-refractivity contribution in [2.75, 3.05) is 0 Å². The van der Waals surface area contributed by atoms with E-state index < -0.39 is 7.12 Å². The van der Waals surface area contributed by atoms with Gasteiger partial charge in [0.05, 0.1) is 32.7 Å². The van der Waals surface area contributed by atoms with E-state index in [0.29, 0.717) is 78.8 Å². The number of halogens is 1. The fourth-order valence-electron chi connectivity index (χ4n) is 12.0. The lowest BCUT2D eigenvalue weighted by molar-refractivity contribution is 0.00578. The molecule has 0 atom stereocenters. The molecule has 0 amide bonds. The fourth-order valence-corrected chi connectivity index (χ4v) is 12.4. The number of hydrogen-bond acceptors (Lipinski definition) is 12. The Morgan fingerprint density at radius 2 is 0.560 bits per heavy atom. The summed E-state index contributed by atoms with van der Waals surface area (Å²) in [5, 5.41) is 2.40. The summed E-state index contributed by atoms with van der Waals surface area (Å²) in [5.41, 5.74) is 14.4. The summed E-state index contributed by atoms with van der Waals surface area (Å²) in [6.07, 6.45) is 0. The van der Waals surface area contributed by atoms with Gasteiger partial charge in [-0.25, -0.2) is 29.9 Å². The van der Waals surface area contributed by atoms with Crippen LogP contribution in [0.5, 0.6) is 0 Å². The number of hydrogen-bond donors (Lipinski definition) is 0. The van der Waals surface area contributed by atoms with Crippen molar-refractivity contribution in [3.05, 3.63) is 328 Å². The minimum Gasteiger partial charge on any atom is -0.456 e. The summed E-state index contributed by atoms with van der Waals surface area (Å²) in [6.45, 7) is 8.29. The molecule has 0 radical (unpaired) electrons. The zero-order valence-corrected chi connectivity index (χ0v) is 56.5. The van der Waals surface area contributed by atoms with E-state index in [1.165, 1.54) is 0 Å². The maximum atomic E-state index is 13.1. The molecule has 17 rings (SSSR count). The average molecular weight is 1370 g/mol. The molecule has 0 N–H and O–H groups in total. The van der Waals surface area contributed by atoms with Crippen molar-refractivity contribution in [3.8, 4) is 102 Å². The van der Waals surface area contributed by atoms with E-state index in [0.717, 1.165) is 76.7 Å². The van der Waals surface area contributed by atoms with Gasteiger partial charge >= 0.3 is 7.12 Å². The first-order chi connectivity index (χ1) is 48.7. The van der Waals surface area contributed by atoms with Gasteiger partial charge in [-0.15, -0.1) is 0 Å². The van der Waals surface area contributed by atoms with Crippen LogP contribution in [0.3, 0.4) is 0 Å². The minimum absolute atomic E-state index is 0.0179. The minimum atomic E-state index is -0.413. The van der Waals surface area contributed by atoms with Gasteiger partial charge in [0.1, 0.15) is 22.3 Å². The first-order valence-electron chi connectivity index (χ1n) is 32.8. The molecule has 4 aromatic heterocycles. The topological polar surface area (TPSA) is 156 Å². The Morgan fingerprint density at radius 1 is 0.270 bits per heavy atom. The van der Waals surface area contributed by atoms with Gasteiger partial charge in [-0.05, 0) is 139 Å². The zero-order chi connectivity index (χ0) is 68.3. The molecule has 1 saturated heterocycles. The van der Waals surface area contributed by atoms with Crippen LogP contribution in [0.25, 0.3) is 146 Å². The molecule has 482 valence electrons. The third-order valence-corrected chi connectivity index (χ3v) is 18.5. The average Bonchev–Trinajstić information content (AvgIpc) is 1.31. The summed E-state index contributed by atoms with van der Waals surface area (Å²) in [7, 11) is -0.413. The molecule has 100 heavy (non-hydrogen) atoms. The molecule has 0 bridgehead atoms. The lowest BCUT2D eigenvalue weighted by atomic mass is 9.78. The van der Waals surface area contributed by atoms with Crippen molar-refractivity contribution in [2.45, 2.75) is 38.9 Å². The first kappa shape index (κ1) is 64.1. The molecule has 0 unspecified atom stereocenters. The number of para-hydroxylation sites is 2. The van der Waals surface area contributed by atoms with Gasteiger partial charge in [-0.1, -0.05) is 246 Å². The smallest absolute Gasteiger partial charge is 0.456 e. The quantitative estimate of drug-likeness (QED) is 0.0945. The van der Waals surface area contributed by atoms with Crippen molar-refractivity contribution in [3.63, 3.8) is 0 Å². The Balaban J connectivity index is 0.000000134. The van der Waals surface area contributed by atoms with E-state index in [4.69, 9.17) is 48.0 Å². The van der Waals surface area contributed by atoms with Crippen molar-refractivity contribution in [2.24, 2.45) is 0 Å². The van der Waals surface area contributed by atoms with Gasteiger partial charge in [-0.2, -0.15) is 0 Å². The van der Waals surface area contributed by atoms with Crippen LogP contribution < -0.4 is 16.3 Å². The van der Waals surface area contributed by atoms with Crippen LogP contribution in [0.15, 0.2) is 326 Å². The van der Waals surface area contributed by atoms with E-state index in [9.17, 15) is 9.59 Å².